The van der Waals surface area contributed by atoms with E-state index in [-0.39, 0.29) is 5.91 Å². The van der Waals surface area contributed by atoms with Crippen LogP contribution in [0.4, 0.5) is 5.95 Å². The Hall–Kier alpha value is -2.83. The molecule has 4 rings (SSSR count). The monoisotopic (exact) mass is 336 g/mol. The van der Waals surface area contributed by atoms with E-state index in [0.29, 0.717) is 17.8 Å². The molecular formula is C18H20N6O. The van der Waals surface area contributed by atoms with Crippen LogP contribution in [0.1, 0.15) is 12.0 Å². The van der Waals surface area contributed by atoms with Gasteiger partial charge in [-0.3, -0.25) is 9.78 Å². The molecule has 3 atom stereocenters. The number of piperidine rings is 1. The lowest BCUT2D eigenvalue weighted by molar-refractivity contribution is -0.116. The maximum Gasteiger partial charge on any atom is 0.244 e. The third-order valence-corrected chi connectivity index (χ3v) is 5.02. The highest BCUT2D eigenvalue weighted by atomic mass is 16.1. The van der Waals surface area contributed by atoms with Gasteiger partial charge in [0.25, 0.3) is 0 Å². The van der Waals surface area contributed by atoms with Gasteiger partial charge in [0.2, 0.25) is 11.9 Å². The molecule has 1 aliphatic heterocycles. The van der Waals surface area contributed by atoms with Crippen molar-refractivity contribution in [2.75, 3.05) is 24.5 Å². The molecule has 25 heavy (non-hydrogen) atoms. The lowest BCUT2D eigenvalue weighted by Gasteiger charge is -2.19. The van der Waals surface area contributed by atoms with E-state index < -0.39 is 0 Å². The zero-order valence-electron chi connectivity index (χ0n) is 13.8. The number of rotatable bonds is 6. The molecular weight excluding hydrogens is 316 g/mol. The molecule has 2 aromatic rings. The molecule has 1 saturated heterocycles. The molecule has 1 amide bonds. The molecule has 0 radical (unpaired) electrons. The number of nitrogens with zero attached hydrogens (tertiary/aromatic N) is 5. The molecule has 1 saturated carbocycles. The third-order valence-electron chi connectivity index (χ3n) is 5.02. The van der Waals surface area contributed by atoms with Crippen molar-refractivity contribution in [3.8, 4) is 0 Å². The maximum absolute atomic E-state index is 11.9. The summed E-state index contributed by atoms with van der Waals surface area (Å²) in [5.74, 6) is 2.84. The van der Waals surface area contributed by atoms with Crippen molar-refractivity contribution in [2.24, 2.45) is 17.8 Å². The summed E-state index contributed by atoms with van der Waals surface area (Å²) in [6, 6.07) is 3.77. The summed E-state index contributed by atoms with van der Waals surface area (Å²) in [4.78, 5) is 30.4. The summed E-state index contributed by atoms with van der Waals surface area (Å²) < 4.78 is 0. The molecule has 3 heterocycles. The predicted octanol–water partition coefficient (Wildman–Crippen LogP) is 1.17. The van der Waals surface area contributed by atoms with Gasteiger partial charge >= 0.3 is 0 Å². The molecule has 1 aliphatic carbocycles. The highest BCUT2D eigenvalue weighted by Crippen LogP contribution is 2.53. The molecule has 7 nitrogen and oxygen atoms in total. The van der Waals surface area contributed by atoms with Gasteiger partial charge in [-0.2, -0.15) is 0 Å². The van der Waals surface area contributed by atoms with Crippen molar-refractivity contribution in [1.82, 2.24) is 25.3 Å². The number of pyridine rings is 1. The second-order valence-electron chi connectivity index (χ2n) is 6.53. The molecule has 0 aromatic carbocycles. The zero-order valence-corrected chi connectivity index (χ0v) is 13.8. The number of hydrogen-bond donors (Lipinski definition) is 1. The van der Waals surface area contributed by atoms with E-state index >= 15 is 0 Å². The fourth-order valence-electron chi connectivity index (χ4n) is 3.70. The van der Waals surface area contributed by atoms with E-state index in [4.69, 9.17) is 0 Å². The second-order valence-corrected chi connectivity index (χ2v) is 6.53. The number of nitrogens with one attached hydrogen (secondary N) is 1. The molecule has 0 bridgehead atoms. The van der Waals surface area contributed by atoms with Crippen molar-refractivity contribution < 1.29 is 4.79 Å². The smallest absolute Gasteiger partial charge is 0.244 e. The Morgan fingerprint density at radius 3 is 2.76 bits per heavy atom. The molecule has 1 unspecified atom stereocenters. The quantitative estimate of drug-likeness (QED) is 0.797. The van der Waals surface area contributed by atoms with Crippen LogP contribution in [0, 0.1) is 17.8 Å². The van der Waals surface area contributed by atoms with Crippen molar-refractivity contribution in [2.45, 2.75) is 6.42 Å². The Morgan fingerprint density at radius 2 is 2.04 bits per heavy atom. The Bertz CT molecular complexity index is 739. The number of aromatic nitrogens is 4. The first kappa shape index (κ1) is 15.7. The van der Waals surface area contributed by atoms with Gasteiger partial charge in [0, 0.05) is 38.1 Å². The summed E-state index contributed by atoms with van der Waals surface area (Å²) in [7, 11) is 0. The SMILES string of the molecule is O=C(/C=C/c1cccnc1)NCCC1[C@H]2CN(c3ncncn3)C[C@@H]12. The second kappa shape index (κ2) is 6.96. The summed E-state index contributed by atoms with van der Waals surface area (Å²) in [5, 5.41) is 2.96. The number of amides is 1. The number of carbonyl (C=O) groups is 1. The molecule has 7 heteroatoms. The van der Waals surface area contributed by atoms with Crippen LogP contribution in [0.2, 0.25) is 0 Å². The van der Waals surface area contributed by atoms with Crippen LogP contribution >= 0.6 is 0 Å². The fourth-order valence-corrected chi connectivity index (χ4v) is 3.70. The number of carbonyl (C=O) groups excluding carboxylic acids is 1. The zero-order chi connectivity index (χ0) is 17.1. The highest BCUT2D eigenvalue weighted by molar-refractivity contribution is 5.91. The molecule has 2 fully saturated rings. The minimum Gasteiger partial charge on any atom is -0.353 e. The third kappa shape index (κ3) is 3.65. The first-order valence-electron chi connectivity index (χ1n) is 8.54. The van der Waals surface area contributed by atoms with E-state index in [1.54, 1.807) is 24.5 Å². The van der Waals surface area contributed by atoms with Crippen molar-refractivity contribution >= 4 is 17.9 Å². The van der Waals surface area contributed by atoms with E-state index in [1.165, 1.54) is 12.7 Å². The normalized spacial score (nSPS) is 24.3. The van der Waals surface area contributed by atoms with E-state index in [1.807, 2.05) is 12.1 Å². The van der Waals surface area contributed by atoms with Crippen LogP contribution < -0.4 is 10.2 Å². The highest BCUT2D eigenvalue weighted by Gasteiger charge is 2.55. The summed E-state index contributed by atoms with van der Waals surface area (Å²) >= 11 is 0. The average molecular weight is 336 g/mol. The topological polar surface area (TPSA) is 83.9 Å². The van der Waals surface area contributed by atoms with Gasteiger partial charge in [0.1, 0.15) is 12.7 Å². The average Bonchev–Trinajstić information content (AvgIpc) is 3.11. The van der Waals surface area contributed by atoms with Crippen molar-refractivity contribution in [3.05, 3.63) is 48.8 Å². The molecule has 2 aromatic heterocycles. The molecule has 1 N–H and O–H groups in total. The molecule has 2 aliphatic rings. The van der Waals surface area contributed by atoms with Crippen molar-refractivity contribution in [3.63, 3.8) is 0 Å². The van der Waals surface area contributed by atoms with Crippen LogP contribution in [-0.4, -0.2) is 45.5 Å². The summed E-state index contributed by atoms with van der Waals surface area (Å²) in [6.45, 7) is 2.74. The first-order valence-corrected chi connectivity index (χ1v) is 8.54. The van der Waals surface area contributed by atoms with Crippen LogP contribution in [0.15, 0.2) is 43.3 Å². The maximum atomic E-state index is 11.9. The van der Waals surface area contributed by atoms with E-state index in [0.717, 1.165) is 37.6 Å². The lowest BCUT2D eigenvalue weighted by Crippen LogP contribution is -2.27. The Labute approximate surface area is 146 Å². The lowest BCUT2D eigenvalue weighted by atomic mass is 10.2. The molecule has 0 spiro atoms. The first-order chi connectivity index (χ1) is 12.3. The van der Waals surface area contributed by atoms with Crippen LogP contribution in [0.3, 0.4) is 0 Å². The number of fused-ring (bicyclic) bond motifs is 1. The van der Waals surface area contributed by atoms with E-state index in [2.05, 4.69) is 30.2 Å². The van der Waals surface area contributed by atoms with Gasteiger partial charge in [-0.1, -0.05) is 6.07 Å². The summed E-state index contributed by atoms with van der Waals surface area (Å²) in [6.07, 6.45) is 10.9. The van der Waals surface area contributed by atoms with Gasteiger partial charge in [-0.25, -0.2) is 15.0 Å². The van der Waals surface area contributed by atoms with Gasteiger partial charge in [-0.05, 0) is 41.9 Å². The number of hydrogen-bond acceptors (Lipinski definition) is 6. The predicted molar refractivity (Wildman–Crippen MR) is 93.4 cm³/mol. The minimum atomic E-state index is -0.0542. The van der Waals surface area contributed by atoms with Gasteiger partial charge in [0.05, 0.1) is 0 Å². The minimum absolute atomic E-state index is 0.0542. The van der Waals surface area contributed by atoms with E-state index in [9.17, 15) is 4.79 Å². The Balaban J connectivity index is 1.17. The standard InChI is InChI=1S/C18H20N6O/c25-17(4-3-13-2-1-6-19-8-13)21-7-5-14-15-9-24(10-16(14)15)18-22-11-20-12-23-18/h1-4,6,8,11-12,14-16H,5,7,9-10H2,(H,21,25)/b4-3+/t14?,15-,16+. The Kier molecular flexibility index (Phi) is 4.37. The van der Waals surface area contributed by atoms with Crippen LogP contribution in [0.25, 0.3) is 6.08 Å². The van der Waals surface area contributed by atoms with Gasteiger partial charge in [-0.15, -0.1) is 0 Å². The van der Waals surface area contributed by atoms with Gasteiger partial charge in [0.15, 0.2) is 0 Å². The molecule has 128 valence electrons. The van der Waals surface area contributed by atoms with Crippen LogP contribution in [0.5, 0.6) is 0 Å². The Morgan fingerprint density at radius 1 is 1.24 bits per heavy atom. The van der Waals surface area contributed by atoms with Crippen molar-refractivity contribution in [1.29, 1.82) is 0 Å². The largest absolute Gasteiger partial charge is 0.353 e. The summed E-state index contributed by atoms with van der Waals surface area (Å²) in [5.41, 5.74) is 0.924. The van der Waals surface area contributed by atoms with Gasteiger partial charge < -0.3 is 10.2 Å². The fraction of sp³-hybridized carbons (Fsp3) is 0.389. The van der Waals surface area contributed by atoms with Crippen LogP contribution in [-0.2, 0) is 4.79 Å². The number of anilines is 1.